The summed E-state index contributed by atoms with van der Waals surface area (Å²) in [5.74, 6) is 1.28. The summed E-state index contributed by atoms with van der Waals surface area (Å²) in [6, 6.07) is 7.52. The summed E-state index contributed by atoms with van der Waals surface area (Å²) < 4.78 is 6.28. The minimum atomic E-state index is -0.197. The van der Waals surface area contributed by atoms with Gasteiger partial charge in [-0.05, 0) is 44.2 Å². The van der Waals surface area contributed by atoms with E-state index in [1.165, 1.54) is 0 Å². The number of ketones is 2. The molecule has 0 saturated heterocycles. The maximum atomic E-state index is 13.0. The van der Waals surface area contributed by atoms with E-state index in [9.17, 15) is 9.59 Å². The van der Waals surface area contributed by atoms with Crippen molar-refractivity contribution in [1.29, 1.82) is 0 Å². The molecule has 3 nitrogen and oxygen atoms in total. The Morgan fingerprint density at radius 1 is 1.21 bits per heavy atom. The lowest BCUT2D eigenvalue weighted by molar-refractivity contribution is -0.119. The lowest BCUT2D eigenvalue weighted by atomic mass is 9.76. The number of Topliss-reactive ketones (excluding diaryl/α,β-unsaturated/α-hetero) is 2. The SMILES string of the molecule is CCCC(=O)CCC1C(=O)c2ccccc2OC1C1CC=CCC1. The van der Waals surface area contributed by atoms with Crippen molar-refractivity contribution in [3.05, 3.63) is 42.0 Å². The lowest BCUT2D eigenvalue weighted by Crippen LogP contribution is -2.43. The minimum Gasteiger partial charge on any atom is -0.489 e. The lowest BCUT2D eigenvalue weighted by Gasteiger charge is -2.38. The van der Waals surface area contributed by atoms with E-state index in [1.54, 1.807) is 0 Å². The summed E-state index contributed by atoms with van der Waals surface area (Å²) in [6.07, 6.45) is 9.91. The van der Waals surface area contributed by atoms with E-state index in [2.05, 4.69) is 12.2 Å². The van der Waals surface area contributed by atoms with Crippen LogP contribution in [-0.2, 0) is 4.79 Å². The van der Waals surface area contributed by atoms with Crippen molar-refractivity contribution < 1.29 is 14.3 Å². The Morgan fingerprint density at radius 2 is 2.04 bits per heavy atom. The molecule has 1 heterocycles. The number of allylic oxidation sites excluding steroid dienone is 2. The highest BCUT2D eigenvalue weighted by Crippen LogP contribution is 2.39. The van der Waals surface area contributed by atoms with Gasteiger partial charge in [-0.3, -0.25) is 9.59 Å². The molecule has 3 heteroatoms. The number of carbonyl (C=O) groups is 2. The molecule has 3 unspecified atom stereocenters. The maximum Gasteiger partial charge on any atom is 0.173 e. The summed E-state index contributed by atoms with van der Waals surface area (Å²) in [7, 11) is 0. The van der Waals surface area contributed by atoms with E-state index >= 15 is 0 Å². The Balaban J connectivity index is 1.81. The Morgan fingerprint density at radius 3 is 2.79 bits per heavy atom. The van der Waals surface area contributed by atoms with Crippen LogP contribution in [0, 0.1) is 11.8 Å². The largest absolute Gasteiger partial charge is 0.489 e. The van der Waals surface area contributed by atoms with Gasteiger partial charge in [0, 0.05) is 18.8 Å². The van der Waals surface area contributed by atoms with Gasteiger partial charge in [-0.15, -0.1) is 0 Å². The summed E-state index contributed by atoms with van der Waals surface area (Å²) in [6.45, 7) is 2.01. The van der Waals surface area contributed by atoms with Crippen molar-refractivity contribution in [3.8, 4) is 5.75 Å². The van der Waals surface area contributed by atoms with Crippen LogP contribution in [-0.4, -0.2) is 17.7 Å². The molecule has 0 radical (unpaired) electrons. The van der Waals surface area contributed by atoms with Crippen molar-refractivity contribution >= 4 is 11.6 Å². The smallest absolute Gasteiger partial charge is 0.173 e. The predicted molar refractivity (Wildman–Crippen MR) is 94.3 cm³/mol. The number of rotatable bonds is 6. The molecule has 0 amide bonds. The zero-order chi connectivity index (χ0) is 16.9. The summed E-state index contributed by atoms with van der Waals surface area (Å²) in [4.78, 5) is 25.0. The van der Waals surface area contributed by atoms with E-state index in [4.69, 9.17) is 4.74 Å². The molecule has 1 aliphatic heterocycles. The van der Waals surface area contributed by atoms with Gasteiger partial charge in [-0.25, -0.2) is 0 Å². The van der Waals surface area contributed by atoms with Crippen molar-refractivity contribution in [1.82, 2.24) is 0 Å². The zero-order valence-corrected chi connectivity index (χ0v) is 14.4. The molecule has 0 fully saturated rings. The highest BCUT2D eigenvalue weighted by molar-refractivity contribution is 6.01. The van der Waals surface area contributed by atoms with Crippen molar-refractivity contribution in [2.45, 2.75) is 58.0 Å². The maximum absolute atomic E-state index is 13.0. The monoisotopic (exact) mass is 326 g/mol. The molecule has 0 saturated carbocycles. The van der Waals surface area contributed by atoms with Gasteiger partial charge in [0.05, 0.1) is 11.5 Å². The number of para-hydroxylation sites is 1. The average Bonchev–Trinajstić information content (AvgIpc) is 2.62. The molecular formula is C21H26O3. The van der Waals surface area contributed by atoms with E-state index < -0.39 is 0 Å². The van der Waals surface area contributed by atoms with E-state index in [0.717, 1.165) is 25.7 Å². The second-order valence-corrected chi connectivity index (χ2v) is 6.92. The van der Waals surface area contributed by atoms with Crippen LogP contribution in [0.25, 0.3) is 0 Å². The van der Waals surface area contributed by atoms with Crippen LogP contribution in [0.1, 0.15) is 62.2 Å². The Labute approximate surface area is 144 Å². The standard InChI is InChI=1S/C21H26O3/c1-2-8-16(22)13-14-18-20(23)17-11-6-7-12-19(17)24-21(18)15-9-4-3-5-10-15/h3-4,6-7,11-12,15,18,21H,2,5,8-10,13-14H2,1H3. The normalized spacial score (nSPS) is 25.9. The predicted octanol–water partition coefficient (Wildman–Crippen LogP) is 4.75. The van der Waals surface area contributed by atoms with Gasteiger partial charge in [0.25, 0.3) is 0 Å². The van der Waals surface area contributed by atoms with Crippen molar-refractivity contribution in [2.24, 2.45) is 11.8 Å². The zero-order valence-electron chi connectivity index (χ0n) is 14.4. The third-order valence-electron chi connectivity index (χ3n) is 5.19. The molecule has 128 valence electrons. The highest BCUT2D eigenvalue weighted by Gasteiger charge is 2.40. The highest BCUT2D eigenvalue weighted by atomic mass is 16.5. The topological polar surface area (TPSA) is 43.4 Å². The minimum absolute atomic E-state index is 0.105. The Bertz CT molecular complexity index is 632. The van der Waals surface area contributed by atoms with Crippen LogP contribution < -0.4 is 4.74 Å². The number of hydrogen-bond acceptors (Lipinski definition) is 3. The second kappa shape index (κ2) is 7.78. The van der Waals surface area contributed by atoms with Gasteiger partial charge in [0.15, 0.2) is 5.78 Å². The fourth-order valence-corrected chi connectivity index (χ4v) is 3.91. The fraction of sp³-hybridized carbons (Fsp3) is 0.524. The first-order valence-corrected chi connectivity index (χ1v) is 9.17. The molecule has 0 spiro atoms. The van der Waals surface area contributed by atoms with E-state index in [0.29, 0.717) is 36.5 Å². The van der Waals surface area contributed by atoms with Gasteiger partial charge in [0.1, 0.15) is 17.6 Å². The van der Waals surface area contributed by atoms with E-state index in [-0.39, 0.29) is 23.6 Å². The molecule has 1 aromatic rings. The molecule has 0 N–H and O–H groups in total. The van der Waals surface area contributed by atoms with Crippen LogP contribution in [0.15, 0.2) is 36.4 Å². The van der Waals surface area contributed by atoms with Crippen LogP contribution in [0.4, 0.5) is 0 Å². The number of carbonyl (C=O) groups excluding carboxylic acids is 2. The molecule has 3 rings (SSSR count). The van der Waals surface area contributed by atoms with Gasteiger partial charge in [0.2, 0.25) is 0 Å². The first kappa shape index (κ1) is 16.9. The van der Waals surface area contributed by atoms with Crippen LogP contribution in [0.3, 0.4) is 0 Å². The quantitative estimate of drug-likeness (QED) is 0.708. The summed E-state index contributed by atoms with van der Waals surface area (Å²) >= 11 is 0. The molecule has 24 heavy (non-hydrogen) atoms. The molecule has 1 aromatic carbocycles. The molecular weight excluding hydrogens is 300 g/mol. The molecule has 0 bridgehead atoms. The number of hydrogen-bond donors (Lipinski definition) is 0. The molecule has 3 atom stereocenters. The van der Waals surface area contributed by atoms with Gasteiger partial charge < -0.3 is 4.74 Å². The molecule has 2 aliphatic rings. The Kier molecular flexibility index (Phi) is 5.49. The fourth-order valence-electron chi connectivity index (χ4n) is 3.91. The van der Waals surface area contributed by atoms with Gasteiger partial charge in [-0.2, -0.15) is 0 Å². The van der Waals surface area contributed by atoms with Crippen LogP contribution >= 0.6 is 0 Å². The Hall–Kier alpha value is -1.90. The number of fused-ring (bicyclic) bond motifs is 1. The number of ether oxygens (including phenoxy) is 1. The van der Waals surface area contributed by atoms with Crippen molar-refractivity contribution in [3.63, 3.8) is 0 Å². The first-order valence-electron chi connectivity index (χ1n) is 9.17. The number of benzene rings is 1. The van der Waals surface area contributed by atoms with Gasteiger partial charge >= 0.3 is 0 Å². The molecule has 0 aromatic heterocycles. The molecule has 1 aliphatic carbocycles. The summed E-state index contributed by atoms with van der Waals surface area (Å²) in [5, 5.41) is 0. The van der Waals surface area contributed by atoms with E-state index in [1.807, 2.05) is 31.2 Å². The third kappa shape index (κ3) is 3.61. The van der Waals surface area contributed by atoms with Gasteiger partial charge in [-0.1, -0.05) is 31.2 Å². The van der Waals surface area contributed by atoms with Crippen LogP contribution in [0.2, 0.25) is 0 Å². The van der Waals surface area contributed by atoms with Crippen LogP contribution in [0.5, 0.6) is 5.75 Å². The average molecular weight is 326 g/mol. The summed E-state index contributed by atoms with van der Waals surface area (Å²) in [5.41, 5.74) is 0.674. The second-order valence-electron chi connectivity index (χ2n) is 6.92. The first-order chi connectivity index (χ1) is 11.7. The third-order valence-corrected chi connectivity index (χ3v) is 5.19. The van der Waals surface area contributed by atoms with Crippen molar-refractivity contribution in [2.75, 3.05) is 0 Å².